The highest BCUT2D eigenvalue weighted by atomic mass is 16.1. The summed E-state index contributed by atoms with van der Waals surface area (Å²) in [4.78, 5) is 23.0. The van der Waals surface area contributed by atoms with E-state index >= 15 is 0 Å². The quantitative estimate of drug-likeness (QED) is 0.868. The molecule has 1 N–H and O–H groups in total. The Hall–Kier alpha value is -1.58. The van der Waals surface area contributed by atoms with Gasteiger partial charge in [-0.1, -0.05) is 13.8 Å². The molecule has 120 valence electrons. The summed E-state index contributed by atoms with van der Waals surface area (Å²) in [5.74, 6) is 2.50. The molecule has 0 aromatic carbocycles. The molecule has 2 fully saturated rings. The fourth-order valence-corrected chi connectivity index (χ4v) is 5.08. The topological polar surface area (TPSA) is 51.1 Å². The van der Waals surface area contributed by atoms with Crippen LogP contribution in [0.15, 0.2) is 23.1 Å². The van der Waals surface area contributed by atoms with E-state index in [1.165, 1.54) is 32.1 Å². The zero-order chi connectivity index (χ0) is 15.7. The van der Waals surface area contributed by atoms with E-state index in [2.05, 4.69) is 19.2 Å². The van der Waals surface area contributed by atoms with E-state index in [1.807, 2.05) is 12.3 Å². The summed E-state index contributed by atoms with van der Waals surface area (Å²) >= 11 is 0. The van der Waals surface area contributed by atoms with Crippen LogP contribution in [0.2, 0.25) is 0 Å². The van der Waals surface area contributed by atoms with Gasteiger partial charge in [-0.3, -0.25) is 9.59 Å². The average molecular weight is 302 g/mol. The maximum atomic E-state index is 12.4. The van der Waals surface area contributed by atoms with Gasteiger partial charge in [-0.2, -0.15) is 0 Å². The van der Waals surface area contributed by atoms with Crippen molar-refractivity contribution < 1.29 is 4.79 Å². The normalized spacial score (nSPS) is 34.2. The Balaban J connectivity index is 1.79. The maximum Gasteiger partial charge on any atom is 0.274 e. The Kier molecular flexibility index (Phi) is 4.11. The lowest BCUT2D eigenvalue weighted by atomic mass is 9.59. The van der Waals surface area contributed by atoms with Crippen molar-refractivity contribution in [2.45, 2.75) is 52.5 Å². The van der Waals surface area contributed by atoms with E-state index in [-0.39, 0.29) is 11.0 Å². The molecule has 0 saturated heterocycles. The summed E-state index contributed by atoms with van der Waals surface area (Å²) in [7, 11) is 0. The Morgan fingerprint density at radius 2 is 2.00 bits per heavy atom. The number of pyridine rings is 1. The van der Waals surface area contributed by atoms with Gasteiger partial charge in [0.1, 0.15) is 5.69 Å². The number of carbonyl (C=O) groups is 1. The van der Waals surface area contributed by atoms with Crippen LogP contribution in [0.1, 0.15) is 46.0 Å². The number of fused-ring (bicyclic) bond motifs is 2. The molecule has 2 aliphatic rings. The molecule has 3 rings (SSSR count). The lowest BCUT2D eigenvalue weighted by Crippen LogP contribution is -2.40. The van der Waals surface area contributed by atoms with Gasteiger partial charge >= 0.3 is 0 Å². The van der Waals surface area contributed by atoms with Crippen molar-refractivity contribution in [1.29, 1.82) is 0 Å². The Morgan fingerprint density at radius 3 is 2.64 bits per heavy atom. The van der Waals surface area contributed by atoms with Crippen molar-refractivity contribution in [1.82, 2.24) is 4.57 Å². The first kappa shape index (κ1) is 15.3. The molecule has 1 amide bonds. The lowest BCUT2D eigenvalue weighted by molar-refractivity contribution is -0.105. The van der Waals surface area contributed by atoms with Crippen LogP contribution < -0.4 is 10.9 Å². The third kappa shape index (κ3) is 3.11. The number of hydrogen-bond donors (Lipinski definition) is 1. The number of nitrogens with one attached hydrogen (secondary N) is 1. The minimum atomic E-state index is -0.0973. The van der Waals surface area contributed by atoms with Gasteiger partial charge in [0.15, 0.2) is 0 Å². The van der Waals surface area contributed by atoms with Crippen molar-refractivity contribution in [2.24, 2.45) is 23.2 Å². The zero-order valence-corrected chi connectivity index (χ0v) is 13.5. The number of aromatic nitrogens is 1. The van der Waals surface area contributed by atoms with Gasteiger partial charge in [0.25, 0.3) is 5.56 Å². The molecule has 1 aromatic heterocycles. The second-order valence-electron chi connectivity index (χ2n) is 7.88. The molecule has 0 spiro atoms. The number of carbonyl (C=O) groups excluding carboxylic acids is 1. The monoisotopic (exact) mass is 302 g/mol. The highest BCUT2D eigenvalue weighted by molar-refractivity contribution is 5.70. The first-order valence-corrected chi connectivity index (χ1v) is 8.39. The van der Waals surface area contributed by atoms with Crippen LogP contribution in [-0.2, 0) is 11.3 Å². The molecule has 22 heavy (non-hydrogen) atoms. The Morgan fingerprint density at radius 1 is 1.32 bits per heavy atom. The molecule has 2 aliphatic carbocycles. The molecule has 2 bridgehead atoms. The van der Waals surface area contributed by atoms with Crippen molar-refractivity contribution >= 4 is 12.1 Å². The molecule has 2 saturated carbocycles. The molecular formula is C18H26N2O2. The molecule has 0 radical (unpaired) electrons. The molecule has 4 nitrogen and oxygen atoms in total. The zero-order valence-electron chi connectivity index (χ0n) is 13.5. The summed E-state index contributed by atoms with van der Waals surface area (Å²) in [5, 5.41) is 2.50. The number of hydrogen-bond acceptors (Lipinski definition) is 2. The molecular weight excluding hydrogens is 276 g/mol. The van der Waals surface area contributed by atoms with Gasteiger partial charge in [0, 0.05) is 12.7 Å². The van der Waals surface area contributed by atoms with E-state index in [0.717, 1.165) is 24.3 Å². The molecule has 0 aliphatic heterocycles. The average Bonchev–Trinajstić information content (AvgIpc) is 2.41. The van der Waals surface area contributed by atoms with Gasteiger partial charge in [0.2, 0.25) is 6.41 Å². The standard InChI is InChI=1S/C18H26N2O2/c1-13-6-14-8-15(7-13)10-18(2,9-14)11-20-5-3-4-16(17(20)22)19-12-21/h3-5,12-15H,6-11H2,1-2H3,(H,19,21). The maximum absolute atomic E-state index is 12.4. The Labute approximate surface area is 131 Å². The van der Waals surface area contributed by atoms with Gasteiger partial charge in [0.05, 0.1) is 0 Å². The molecule has 2 unspecified atom stereocenters. The number of rotatable bonds is 4. The van der Waals surface area contributed by atoms with Crippen LogP contribution >= 0.6 is 0 Å². The van der Waals surface area contributed by atoms with Crippen LogP contribution in [0.25, 0.3) is 0 Å². The van der Waals surface area contributed by atoms with Crippen molar-refractivity contribution in [3.8, 4) is 0 Å². The third-order valence-electron chi connectivity index (χ3n) is 5.49. The fraction of sp³-hybridized carbons (Fsp3) is 0.667. The van der Waals surface area contributed by atoms with E-state index in [1.54, 1.807) is 10.6 Å². The van der Waals surface area contributed by atoms with Crippen molar-refractivity contribution in [3.63, 3.8) is 0 Å². The summed E-state index contributed by atoms with van der Waals surface area (Å²) < 4.78 is 1.77. The second kappa shape index (κ2) is 5.90. The van der Waals surface area contributed by atoms with Crippen LogP contribution in [0.4, 0.5) is 5.69 Å². The van der Waals surface area contributed by atoms with E-state index < -0.39 is 0 Å². The van der Waals surface area contributed by atoms with Crippen LogP contribution in [0.5, 0.6) is 0 Å². The van der Waals surface area contributed by atoms with E-state index in [0.29, 0.717) is 12.1 Å². The third-order valence-corrected chi connectivity index (χ3v) is 5.49. The first-order chi connectivity index (χ1) is 10.5. The van der Waals surface area contributed by atoms with Gasteiger partial charge in [-0.15, -0.1) is 0 Å². The predicted molar refractivity (Wildman–Crippen MR) is 87.7 cm³/mol. The summed E-state index contributed by atoms with van der Waals surface area (Å²) in [5.41, 5.74) is 0.461. The van der Waals surface area contributed by atoms with Crippen molar-refractivity contribution in [3.05, 3.63) is 28.7 Å². The highest BCUT2D eigenvalue weighted by Gasteiger charge is 2.41. The molecule has 2 atom stereocenters. The molecule has 4 heteroatoms. The number of nitrogens with zero attached hydrogens (tertiary/aromatic N) is 1. The van der Waals surface area contributed by atoms with E-state index in [9.17, 15) is 9.59 Å². The Bertz CT molecular complexity index is 589. The summed E-state index contributed by atoms with van der Waals surface area (Å²) in [6.45, 7) is 5.46. The van der Waals surface area contributed by atoms with Crippen LogP contribution in [0.3, 0.4) is 0 Å². The second-order valence-corrected chi connectivity index (χ2v) is 7.88. The number of amides is 1. The van der Waals surface area contributed by atoms with Gasteiger partial charge in [-0.25, -0.2) is 0 Å². The minimum absolute atomic E-state index is 0.0973. The minimum Gasteiger partial charge on any atom is -0.324 e. The molecule has 1 aromatic rings. The first-order valence-electron chi connectivity index (χ1n) is 8.39. The van der Waals surface area contributed by atoms with Crippen molar-refractivity contribution in [2.75, 3.05) is 5.32 Å². The fourth-order valence-electron chi connectivity index (χ4n) is 5.08. The molecule has 1 heterocycles. The predicted octanol–water partition coefficient (Wildman–Crippen LogP) is 3.27. The van der Waals surface area contributed by atoms with Gasteiger partial charge in [-0.05, 0) is 67.4 Å². The van der Waals surface area contributed by atoms with Crippen LogP contribution in [0, 0.1) is 23.2 Å². The SMILES string of the molecule is CC1CC2CC(C1)CC(C)(Cn1cccc(NC=O)c1=O)C2. The summed E-state index contributed by atoms with van der Waals surface area (Å²) in [6, 6.07) is 3.50. The van der Waals surface area contributed by atoms with Crippen LogP contribution in [-0.4, -0.2) is 11.0 Å². The smallest absolute Gasteiger partial charge is 0.274 e. The number of anilines is 1. The van der Waals surface area contributed by atoms with E-state index in [4.69, 9.17) is 0 Å². The summed E-state index contributed by atoms with van der Waals surface area (Å²) in [6.07, 6.45) is 8.89. The van der Waals surface area contributed by atoms with Gasteiger partial charge < -0.3 is 9.88 Å². The largest absolute Gasteiger partial charge is 0.324 e. The lowest BCUT2D eigenvalue weighted by Gasteiger charge is -2.47. The highest BCUT2D eigenvalue weighted by Crippen LogP contribution is 2.50.